The van der Waals surface area contributed by atoms with E-state index in [2.05, 4.69) is 48.8 Å². The fourth-order valence-electron chi connectivity index (χ4n) is 3.92. The summed E-state index contributed by atoms with van der Waals surface area (Å²) in [6.07, 6.45) is 1.99. The molecule has 0 amide bonds. The Labute approximate surface area is 192 Å². The Balaban J connectivity index is 1.41. The summed E-state index contributed by atoms with van der Waals surface area (Å²) >= 11 is 1.12. The summed E-state index contributed by atoms with van der Waals surface area (Å²) in [5, 5.41) is 0.832. The molecule has 0 atom stereocenters. The van der Waals surface area contributed by atoms with E-state index in [1.165, 1.54) is 17.7 Å². The molecule has 4 rings (SSSR count). The zero-order valence-corrected chi connectivity index (χ0v) is 19.7. The molecule has 0 bridgehead atoms. The van der Waals surface area contributed by atoms with Gasteiger partial charge < -0.3 is 4.90 Å². The summed E-state index contributed by atoms with van der Waals surface area (Å²) in [4.78, 5) is 12.4. The standard InChI is InChI=1S/C22H26FN5O2S2/c1-16-21(31-22(24-16)32(29,30)26-20-10-6-9-19(23)25-20)27(2)18-11-13-28(14-12-18)15-17-7-4-3-5-8-17/h3-10,18H,11-15H2,1-2H3,(H,25,26). The van der Waals surface area contributed by atoms with Crippen molar-refractivity contribution in [1.29, 1.82) is 0 Å². The molecule has 1 saturated heterocycles. The smallest absolute Gasteiger partial charge is 0.290 e. The molecule has 1 aliphatic rings. The molecule has 1 aromatic carbocycles. The van der Waals surface area contributed by atoms with E-state index >= 15 is 0 Å². The number of anilines is 2. The van der Waals surface area contributed by atoms with Gasteiger partial charge in [-0.2, -0.15) is 12.8 Å². The van der Waals surface area contributed by atoms with E-state index in [1.807, 2.05) is 20.0 Å². The lowest BCUT2D eigenvalue weighted by atomic mass is 10.0. The lowest BCUT2D eigenvalue weighted by Gasteiger charge is -2.37. The van der Waals surface area contributed by atoms with Gasteiger partial charge in [-0.05, 0) is 37.5 Å². The quantitative estimate of drug-likeness (QED) is 0.523. The maximum absolute atomic E-state index is 13.3. The third kappa shape index (κ3) is 5.25. The zero-order valence-electron chi connectivity index (χ0n) is 18.0. The number of hydrogen-bond donors (Lipinski definition) is 1. The summed E-state index contributed by atoms with van der Waals surface area (Å²) in [6, 6.07) is 14.7. The highest BCUT2D eigenvalue weighted by Gasteiger charge is 2.28. The molecular formula is C22H26FN5O2S2. The first-order valence-electron chi connectivity index (χ1n) is 10.4. The number of likely N-dealkylation sites (tertiary alicyclic amines) is 1. The topological polar surface area (TPSA) is 78.4 Å². The minimum atomic E-state index is -3.95. The Morgan fingerprint density at radius 1 is 1.12 bits per heavy atom. The van der Waals surface area contributed by atoms with E-state index in [9.17, 15) is 12.8 Å². The first-order chi connectivity index (χ1) is 15.3. The van der Waals surface area contributed by atoms with Crippen LogP contribution in [0.5, 0.6) is 0 Å². The number of sulfonamides is 1. The largest absolute Gasteiger partial charge is 0.362 e. The van der Waals surface area contributed by atoms with Crippen molar-refractivity contribution >= 4 is 32.2 Å². The number of aromatic nitrogens is 2. The van der Waals surface area contributed by atoms with Crippen molar-refractivity contribution in [3.05, 3.63) is 65.7 Å². The highest BCUT2D eigenvalue weighted by atomic mass is 32.2. The van der Waals surface area contributed by atoms with Crippen molar-refractivity contribution < 1.29 is 12.8 Å². The first kappa shape index (κ1) is 22.6. The normalized spacial score (nSPS) is 15.6. The van der Waals surface area contributed by atoms with Crippen LogP contribution in [-0.2, 0) is 16.6 Å². The summed E-state index contributed by atoms with van der Waals surface area (Å²) in [5.74, 6) is -0.821. The van der Waals surface area contributed by atoms with Gasteiger partial charge in [-0.25, -0.2) is 9.97 Å². The van der Waals surface area contributed by atoms with Crippen LogP contribution in [0, 0.1) is 12.9 Å². The fourth-order valence-corrected chi connectivity index (χ4v) is 6.29. The number of thiazole rings is 1. The molecule has 1 fully saturated rings. The summed E-state index contributed by atoms with van der Waals surface area (Å²) in [5.41, 5.74) is 1.98. The number of hydrogen-bond acceptors (Lipinski definition) is 7. The van der Waals surface area contributed by atoms with Crippen molar-refractivity contribution in [2.75, 3.05) is 29.8 Å². The lowest BCUT2D eigenvalue weighted by molar-refractivity contribution is 0.203. The lowest BCUT2D eigenvalue weighted by Crippen LogP contribution is -2.43. The van der Waals surface area contributed by atoms with Crippen LogP contribution in [0.25, 0.3) is 0 Å². The number of nitrogens with zero attached hydrogens (tertiary/aromatic N) is 4. The number of benzene rings is 1. The van der Waals surface area contributed by atoms with Gasteiger partial charge in [-0.3, -0.25) is 9.62 Å². The molecule has 2 aromatic heterocycles. The molecule has 10 heteroatoms. The fraction of sp³-hybridized carbons (Fsp3) is 0.364. The molecule has 170 valence electrons. The van der Waals surface area contributed by atoms with Gasteiger partial charge in [0.2, 0.25) is 10.3 Å². The Kier molecular flexibility index (Phi) is 6.73. The van der Waals surface area contributed by atoms with Crippen LogP contribution in [-0.4, -0.2) is 49.5 Å². The molecule has 0 saturated carbocycles. The maximum atomic E-state index is 13.3. The molecule has 1 N–H and O–H groups in total. The highest BCUT2D eigenvalue weighted by Crippen LogP contribution is 2.34. The van der Waals surface area contributed by atoms with Crippen molar-refractivity contribution in [3.8, 4) is 0 Å². The molecule has 3 heterocycles. The summed E-state index contributed by atoms with van der Waals surface area (Å²) in [6.45, 7) is 4.73. The average molecular weight is 476 g/mol. The van der Waals surface area contributed by atoms with Gasteiger partial charge in [-0.1, -0.05) is 47.7 Å². The minimum absolute atomic E-state index is 0.0515. The molecule has 3 aromatic rings. The molecule has 0 radical (unpaired) electrons. The van der Waals surface area contributed by atoms with Crippen LogP contribution in [0.1, 0.15) is 24.1 Å². The molecular weight excluding hydrogens is 449 g/mol. The predicted molar refractivity (Wildman–Crippen MR) is 125 cm³/mol. The number of nitrogens with one attached hydrogen (secondary N) is 1. The maximum Gasteiger partial charge on any atom is 0.290 e. The van der Waals surface area contributed by atoms with Gasteiger partial charge in [0.05, 0.1) is 5.69 Å². The van der Waals surface area contributed by atoms with Crippen LogP contribution in [0.4, 0.5) is 15.2 Å². The van der Waals surface area contributed by atoms with E-state index in [-0.39, 0.29) is 10.2 Å². The van der Waals surface area contributed by atoms with Gasteiger partial charge in [0.1, 0.15) is 10.8 Å². The Bertz CT molecular complexity index is 1160. The second kappa shape index (κ2) is 9.51. The van der Waals surface area contributed by atoms with Crippen molar-refractivity contribution in [1.82, 2.24) is 14.9 Å². The number of aryl methyl sites for hydroxylation is 1. The Morgan fingerprint density at radius 3 is 2.53 bits per heavy atom. The van der Waals surface area contributed by atoms with Crippen LogP contribution in [0.3, 0.4) is 0 Å². The van der Waals surface area contributed by atoms with Crippen molar-refractivity contribution in [3.63, 3.8) is 0 Å². The van der Waals surface area contributed by atoms with Crippen molar-refractivity contribution in [2.45, 2.75) is 36.7 Å². The van der Waals surface area contributed by atoms with Gasteiger partial charge in [0.25, 0.3) is 10.0 Å². The van der Waals surface area contributed by atoms with E-state index in [4.69, 9.17) is 0 Å². The van der Waals surface area contributed by atoms with Crippen LogP contribution < -0.4 is 9.62 Å². The van der Waals surface area contributed by atoms with Gasteiger partial charge >= 0.3 is 0 Å². The van der Waals surface area contributed by atoms with Gasteiger partial charge in [0.15, 0.2) is 0 Å². The molecule has 32 heavy (non-hydrogen) atoms. The second-order valence-corrected chi connectivity index (χ2v) is 10.8. The first-order valence-corrected chi connectivity index (χ1v) is 12.7. The minimum Gasteiger partial charge on any atom is -0.362 e. The molecule has 1 aliphatic heterocycles. The number of piperidine rings is 1. The predicted octanol–water partition coefficient (Wildman–Crippen LogP) is 3.89. The Hall–Kier alpha value is -2.56. The monoisotopic (exact) mass is 475 g/mol. The third-order valence-corrected chi connectivity index (χ3v) is 8.59. The van der Waals surface area contributed by atoms with E-state index < -0.39 is 16.0 Å². The number of halogens is 1. The SMILES string of the molecule is Cc1nc(S(=O)(=O)Nc2cccc(F)n2)sc1N(C)C1CCN(Cc2ccccc2)CC1. The van der Waals surface area contributed by atoms with Crippen LogP contribution in [0.2, 0.25) is 0 Å². The average Bonchev–Trinajstić information content (AvgIpc) is 3.17. The summed E-state index contributed by atoms with van der Waals surface area (Å²) < 4.78 is 41.0. The molecule has 0 spiro atoms. The highest BCUT2D eigenvalue weighted by molar-refractivity contribution is 7.94. The van der Waals surface area contributed by atoms with Gasteiger partial charge in [0, 0.05) is 32.7 Å². The molecule has 0 unspecified atom stereocenters. The zero-order chi connectivity index (χ0) is 22.7. The van der Waals surface area contributed by atoms with Crippen molar-refractivity contribution in [2.24, 2.45) is 0 Å². The van der Waals surface area contributed by atoms with Crippen LogP contribution in [0.15, 0.2) is 52.9 Å². The van der Waals surface area contributed by atoms with E-state index in [0.29, 0.717) is 11.7 Å². The Morgan fingerprint density at radius 2 is 1.84 bits per heavy atom. The van der Waals surface area contributed by atoms with Gasteiger partial charge in [-0.15, -0.1) is 0 Å². The van der Waals surface area contributed by atoms with E-state index in [1.54, 1.807) is 0 Å². The number of rotatable bonds is 7. The third-order valence-electron chi connectivity index (χ3n) is 5.61. The number of pyridine rings is 1. The molecule has 0 aliphatic carbocycles. The van der Waals surface area contributed by atoms with E-state index in [0.717, 1.165) is 54.9 Å². The summed E-state index contributed by atoms with van der Waals surface area (Å²) in [7, 11) is -1.95. The molecule has 7 nitrogen and oxygen atoms in total. The van der Waals surface area contributed by atoms with Crippen LogP contribution >= 0.6 is 11.3 Å². The second-order valence-electron chi connectivity index (χ2n) is 7.93.